The summed E-state index contributed by atoms with van der Waals surface area (Å²) >= 11 is 0. The van der Waals surface area contributed by atoms with E-state index in [4.69, 9.17) is 0 Å². The number of hydrogen-bond acceptors (Lipinski definition) is 3. The van der Waals surface area contributed by atoms with Gasteiger partial charge in [-0.1, -0.05) is 0 Å². The zero-order valence-corrected chi connectivity index (χ0v) is 10.1. The van der Waals surface area contributed by atoms with E-state index < -0.39 is 0 Å². The second kappa shape index (κ2) is 4.63. The van der Waals surface area contributed by atoms with Crippen LogP contribution in [0.4, 0.5) is 0 Å². The first-order valence-electron chi connectivity index (χ1n) is 6.99. The van der Waals surface area contributed by atoms with Gasteiger partial charge >= 0.3 is 0 Å². The lowest BCUT2D eigenvalue weighted by Crippen LogP contribution is -2.43. The van der Waals surface area contributed by atoms with Crippen LogP contribution in [0.25, 0.3) is 0 Å². The Kier molecular flexibility index (Phi) is 3.18. The lowest BCUT2D eigenvalue weighted by atomic mass is 9.92. The third-order valence-electron chi connectivity index (χ3n) is 4.40. The van der Waals surface area contributed by atoms with E-state index in [9.17, 15) is 5.11 Å². The van der Waals surface area contributed by atoms with Crippen LogP contribution < -0.4 is 5.32 Å². The zero-order valence-electron chi connectivity index (χ0n) is 10.1. The predicted molar refractivity (Wildman–Crippen MR) is 64.4 cm³/mol. The van der Waals surface area contributed by atoms with Crippen LogP contribution in [0.1, 0.15) is 44.9 Å². The summed E-state index contributed by atoms with van der Waals surface area (Å²) in [6.45, 7) is 2.54. The van der Waals surface area contributed by atoms with Crippen LogP contribution in [-0.2, 0) is 0 Å². The first-order chi connectivity index (χ1) is 7.81. The molecule has 16 heavy (non-hydrogen) atoms. The van der Waals surface area contributed by atoms with Crippen LogP contribution in [-0.4, -0.2) is 47.3 Å². The second-order valence-corrected chi connectivity index (χ2v) is 5.90. The van der Waals surface area contributed by atoms with Gasteiger partial charge in [0.05, 0.1) is 6.10 Å². The van der Waals surface area contributed by atoms with Crippen molar-refractivity contribution in [2.75, 3.05) is 13.1 Å². The molecule has 3 atom stereocenters. The minimum absolute atomic E-state index is 0.0489. The fourth-order valence-corrected chi connectivity index (χ4v) is 3.34. The third-order valence-corrected chi connectivity index (χ3v) is 4.40. The molecular formula is C13H24N2O. The molecule has 0 aromatic heterocycles. The molecule has 3 nitrogen and oxygen atoms in total. The van der Waals surface area contributed by atoms with Crippen LogP contribution in [0, 0.1) is 0 Å². The van der Waals surface area contributed by atoms with Gasteiger partial charge in [-0.15, -0.1) is 0 Å². The Hall–Kier alpha value is -0.120. The molecule has 0 spiro atoms. The SMILES string of the molecule is OC1CCCC(NC2CCN(C3CC3)C2)C1. The Morgan fingerprint density at radius 1 is 1.00 bits per heavy atom. The monoisotopic (exact) mass is 224 g/mol. The van der Waals surface area contributed by atoms with Gasteiger partial charge in [0.1, 0.15) is 0 Å². The van der Waals surface area contributed by atoms with E-state index in [0.717, 1.165) is 18.9 Å². The molecule has 0 aromatic carbocycles. The quantitative estimate of drug-likeness (QED) is 0.754. The van der Waals surface area contributed by atoms with Crippen LogP contribution in [0.5, 0.6) is 0 Å². The van der Waals surface area contributed by atoms with Crippen molar-refractivity contribution < 1.29 is 5.11 Å². The summed E-state index contributed by atoms with van der Waals surface area (Å²) in [5, 5.41) is 13.4. The van der Waals surface area contributed by atoms with Gasteiger partial charge in [0, 0.05) is 31.2 Å². The lowest BCUT2D eigenvalue weighted by molar-refractivity contribution is 0.108. The van der Waals surface area contributed by atoms with Gasteiger partial charge < -0.3 is 10.4 Å². The molecule has 92 valence electrons. The molecule has 3 unspecified atom stereocenters. The summed E-state index contributed by atoms with van der Waals surface area (Å²) in [7, 11) is 0. The maximum Gasteiger partial charge on any atom is 0.0555 e. The fraction of sp³-hybridized carbons (Fsp3) is 1.00. The zero-order chi connectivity index (χ0) is 11.0. The lowest BCUT2D eigenvalue weighted by Gasteiger charge is -2.29. The van der Waals surface area contributed by atoms with Gasteiger partial charge in [0.2, 0.25) is 0 Å². The van der Waals surface area contributed by atoms with Crippen LogP contribution in [0.3, 0.4) is 0 Å². The van der Waals surface area contributed by atoms with Crippen molar-refractivity contribution in [2.24, 2.45) is 0 Å². The molecule has 1 saturated heterocycles. The Morgan fingerprint density at radius 3 is 2.62 bits per heavy atom. The Morgan fingerprint density at radius 2 is 1.88 bits per heavy atom. The minimum atomic E-state index is -0.0489. The summed E-state index contributed by atoms with van der Waals surface area (Å²) in [6, 6.07) is 2.19. The van der Waals surface area contributed by atoms with Crippen molar-refractivity contribution in [3.63, 3.8) is 0 Å². The molecule has 0 aromatic rings. The van der Waals surface area contributed by atoms with E-state index in [0.29, 0.717) is 12.1 Å². The highest BCUT2D eigenvalue weighted by Gasteiger charge is 2.35. The molecule has 3 heteroatoms. The second-order valence-electron chi connectivity index (χ2n) is 5.90. The number of likely N-dealkylation sites (tertiary alicyclic amines) is 1. The summed E-state index contributed by atoms with van der Waals surface area (Å²) in [6.07, 6.45) is 8.55. The fourth-order valence-electron chi connectivity index (χ4n) is 3.34. The molecule has 3 aliphatic rings. The van der Waals surface area contributed by atoms with Crippen LogP contribution in [0.2, 0.25) is 0 Å². The molecule has 2 saturated carbocycles. The van der Waals surface area contributed by atoms with E-state index in [1.807, 2.05) is 0 Å². The molecular weight excluding hydrogens is 200 g/mol. The topological polar surface area (TPSA) is 35.5 Å². The van der Waals surface area contributed by atoms with Crippen molar-refractivity contribution in [3.8, 4) is 0 Å². The van der Waals surface area contributed by atoms with E-state index in [-0.39, 0.29) is 6.10 Å². The highest BCUT2D eigenvalue weighted by molar-refractivity contribution is 4.93. The molecule has 1 heterocycles. The Labute approximate surface area is 98.2 Å². The van der Waals surface area contributed by atoms with Gasteiger partial charge in [-0.05, 0) is 44.9 Å². The maximum absolute atomic E-state index is 9.65. The highest BCUT2D eigenvalue weighted by atomic mass is 16.3. The molecule has 0 bridgehead atoms. The van der Waals surface area contributed by atoms with Crippen LogP contribution in [0.15, 0.2) is 0 Å². The highest BCUT2D eigenvalue weighted by Crippen LogP contribution is 2.30. The molecule has 3 fully saturated rings. The van der Waals surface area contributed by atoms with Crippen LogP contribution >= 0.6 is 0 Å². The number of aliphatic hydroxyl groups excluding tert-OH is 1. The number of nitrogens with zero attached hydrogens (tertiary/aromatic N) is 1. The molecule has 2 aliphatic carbocycles. The van der Waals surface area contributed by atoms with Gasteiger partial charge in [-0.3, -0.25) is 4.90 Å². The predicted octanol–water partition coefficient (Wildman–Crippen LogP) is 1.12. The van der Waals surface area contributed by atoms with Gasteiger partial charge in [-0.25, -0.2) is 0 Å². The third kappa shape index (κ3) is 2.58. The van der Waals surface area contributed by atoms with Gasteiger partial charge in [0.15, 0.2) is 0 Å². The van der Waals surface area contributed by atoms with E-state index in [1.165, 1.54) is 45.2 Å². The maximum atomic E-state index is 9.65. The van der Waals surface area contributed by atoms with Crippen molar-refractivity contribution >= 4 is 0 Å². The Balaban J connectivity index is 1.44. The smallest absolute Gasteiger partial charge is 0.0555 e. The summed E-state index contributed by atoms with van der Waals surface area (Å²) < 4.78 is 0. The molecule has 0 amide bonds. The Bertz CT molecular complexity index is 242. The average Bonchev–Trinajstić information content (AvgIpc) is 3.01. The van der Waals surface area contributed by atoms with E-state index >= 15 is 0 Å². The van der Waals surface area contributed by atoms with E-state index in [1.54, 1.807) is 0 Å². The number of nitrogens with one attached hydrogen (secondary N) is 1. The molecule has 3 rings (SSSR count). The van der Waals surface area contributed by atoms with Gasteiger partial charge in [-0.2, -0.15) is 0 Å². The standard InChI is InChI=1S/C13H24N2O/c16-13-3-1-2-10(8-13)14-11-6-7-15(9-11)12-4-5-12/h10-14,16H,1-9H2. The first-order valence-corrected chi connectivity index (χ1v) is 6.99. The van der Waals surface area contributed by atoms with Gasteiger partial charge in [0.25, 0.3) is 0 Å². The number of rotatable bonds is 3. The van der Waals surface area contributed by atoms with Crippen molar-refractivity contribution in [1.29, 1.82) is 0 Å². The normalized spacial score (nSPS) is 41.4. The number of hydrogen-bond donors (Lipinski definition) is 2. The average molecular weight is 224 g/mol. The van der Waals surface area contributed by atoms with E-state index in [2.05, 4.69) is 10.2 Å². The minimum Gasteiger partial charge on any atom is -0.393 e. The number of aliphatic hydroxyl groups is 1. The molecule has 0 radical (unpaired) electrons. The molecule has 1 aliphatic heterocycles. The molecule has 2 N–H and O–H groups in total. The largest absolute Gasteiger partial charge is 0.393 e. The van der Waals surface area contributed by atoms with Crippen molar-refractivity contribution in [3.05, 3.63) is 0 Å². The first kappa shape index (κ1) is 11.0. The van der Waals surface area contributed by atoms with Crippen molar-refractivity contribution in [2.45, 2.75) is 69.2 Å². The summed E-state index contributed by atoms with van der Waals surface area (Å²) in [5.74, 6) is 0. The van der Waals surface area contributed by atoms with Crippen molar-refractivity contribution in [1.82, 2.24) is 10.2 Å². The summed E-state index contributed by atoms with van der Waals surface area (Å²) in [4.78, 5) is 2.65. The summed E-state index contributed by atoms with van der Waals surface area (Å²) in [5.41, 5.74) is 0.